The summed E-state index contributed by atoms with van der Waals surface area (Å²) in [4.78, 5) is 0.275. The van der Waals surface area contributed by atoms with Gasteiger partial charge in [0.25, 0.3) is 0 Å². The molecule has 2 aliphatic heterocycles. The summed E-state index contributed by atoms with van der Waals surface area (Å²) in [7, 11) is -0.244. The molecule has 1 unspecified atom stereocenters. The van der Waals surface area contributed by atoms with Gasteiger partial charge in [-0.3, -0.25) is 0 Å². The Kier molecular flexibility index (Phi) is 5.15. The minimum absolute atomic E-state index is 0.209. The summed E-state index contributed by atoms with van der Waals surface area (Å²) in [5.41, 5.74) is -0.237. The van der Waals surface area contributed by atoms with Gasteiger partial charge in [0, 0.05) is 39.3 Å². The van der Waals surface area contributed by atoms with E-state index in [9.17, 15) is 8.42 Å². The van der Waals surface area contributed by atoms with Crippen molar-refractivity contribution in [1.82, 2.24) is 4.31 Å². The zero-order valence-electron chi connectivity index (χ0n) is 14.2. The molecule has 134 valence electrons. The van der Waals surface area contributed by atoms with Crippen LogP contribution >= 0.6 is 0 Å². The average Bonchev–Trinajstić information content (AvgIpc) is 2.62. The Morgan fingerprint density at radius 1 is 1.25 bits per heavy atom. The minimum atomic E-state index is -3.50. The van der Waals surface area contributed by atoms with Crippen molar-refractivity contribution in [2.24, 2.45) is 0 Å². The number of methoxy groups -OCH3 is 2. The fourth-order valence-electron chi connectivity index (χ4n) is 3.58. The smallest absolute Gasteiger partial charge is 0.243 e. The molecule has 1 aromatic rings. The third-order valence-electron chi connectivity index (χ3n) is 5.09. The summed E-state index contributed by atoms with van der Waals surface area (Å²) in [5, 5.41) is 0. The molecule has 0 bridgehead atoms. The van der Waals surface area contributed by atoms with Crippen molar-refractivity contribution in [3.63, 3.8) is 0 Å². The second-order valence-electron chi connectivity index (χ2n) is 6.47. The van der Waals surface area contributed by atoms with E-state index in [1.807, 2.05) is 0 Å². The largest absolute Gasteiger partial charge is 0.497 e. The van der Waals surface area contributed by atoms with E-state index in [2.05, 4.69) is 0 Å². The first kappa shape index (κ1) is 17.7. The monoisotopic (exact) mass is 355 g/mol. The maximum atomic E-state index is 12.9. The van der Waals surface area contributed by atoms with Crippen LogP contribution in [0.25, 0.3) is 0 Å². The molecule has 0 amide bonds. The van der Waals surface area contributed by atoms with Crippen LogP contribution in [0, 0.1) is 0 Å². The van der Waals surface area contributed by atoms with E-state index < -0.39 is 10.0 Å². The number of benzene rings is 1. The first-order chi connectivity index (χ1) is 11.5. The molecule has 2 fully saturated rings. The fourth-order valence-corrected chi connectivity index (χ4v) is 5.05. The second-order valence-corrected chi connectivity index (χ2v) is 8.40. The lowest BCUT2D eigenvalue weighted by Gasteiger charge is -2.45. The third kappa shape index (κ3) is 3.44. The lowest BCUT2D eigenvalue weighted by Crippen LogP contribution is -2.51. The molecule has 0 aliphatic carbocycles. The molecular formula is C17H25NO5S. The van der Waals surface area contributed by atoms with Crippen LogP contribution in [0.5, 0.6) is 5.75 Å². The van der Waals surface area contributed by atoms with E-state index in [1.165, 1.54) is 7.11 Å². The number of rotatable bonds is 4. The highest BCUT2D eigenvalue weighted by atomic mass is 32.2. The molecule has 24 heavy (non-hydrogen) atoms. The minimum Gasteiger partial charge on any atom is -0.497 e. The highest BCUT2D eigenvalue weighted by Gasteiger charge is 2.42. The summed E-state index contributed by atoms with van der Waals surface area (Å²) in [6.07, 6.45) is 3.37. The average molecular weight is 355 g/mol. The second kappa shape index (κ2) is 7.00. The van der Waals surface area contributed by atoms with E-state index in [0.717, 1.165) is 12.8 Å². The van der Waals surface area contributed by atoms with Crippen molar-refractivity contribution in [3.05, 3.63) is 24.3 Å². The maximum Gasteiger partial charge on any atom is 0.243 e. The number of nitrogens with zero attached hydrogens (tertiary/aromatic N) is 1. The van der Waals surface area contributed by atoms with Crippen molar-refractivity contribution < 1.29 is 22.6 Å². The van der Waals surface area contributed by atoms with E-state index in [-0.39, 0.29) is 16.6 Å². The molecule has 0 radical (unpaired) electrons. The van der Waals surface area contributed by atoms with E-state index >= 15 is 0 Å². The van der Waals surface area contributed by atoms with Crippen LogP contribution in [0.3, 0.4) is 0 Å². The van der Waals surface area contributed by atoms with Gasteiger partial charge in [-0.2, -0.15) is 4.31 Å². The number of ether oxygens (including phenoxy) is 3. The third-order valence-corrected chi connectivity index (χ3v) is 6.99. The molecule has 1 aromatic carbocycles. The summed E-state index contributed by atoms with van der Waals surface area (Å²) < 4.78 is 43.9. The molecule has 6 nitrogen and oxygen atoms in total. The maximum absolute atomic E-state index is 12.9. The van der Waals surface area contributed by atoms with E-state index in [0.29, 0.717) is 38.3 Å². The van der Waals surface area contributed by atoms with Gasteiger partial charge in [0.15, 0.2) is 0 Å². The Balaban J connectivity index is 1.71. The van der Waals surface area contributed by atoms with Gasteiger partial charge in [0.2, 0.25) is 10.0 Å². The molecule has 1 spiro atoms. The Hall–Kier alpha value is -1.15. The number of hydrogen-bond acceptors (Lipinski definition) is 5. The van der Waals surface area contributed by atoms with Gasteiger partial charge in [-0.05, 0) is 31.4 Å². The molecule has 2 aliphatic rings. The van der Waals surface area contributed by atoms with Gasteiger partial charge >= 0.3 is 0 Å². The Morgan fingerprint density at radius 2 is 2.00 bits per heavy atom. The van der Waals surface area contributed by atoms with Crippen molar-refractivity contribution in [2.45, 2.75) is 42.3 Å². The Morgan fingerprint density at radius 3 is 2.67 bits per heavy atom. The number of sulfonamides is 1. The Labute approximate surface area is 143 Å². The standard InChI is InChI=1S/C17H25NO5S/c1-21-14-4-3-5-16(12-14)24(19,20)18-9-7-17(8-10-18)13-15(22-2)6-11-23-17/h3-5,12,15H,6-11,13H2,1-2H3. The van der Waals surface area contributed by atoms with Crippen molar-refractivity contribution in [1.29, 1.82) is 0 Å². The van der Waals surface area contributed by atoms with Crippen LogP contribution in [-0.4, -0.2) is 58.3 Å². The van der Waals surface area contributed by atoms with Gasteiger partial charge in [-0.1, -0.05) is 6.07 Å². The normalized spacial score (nSPS) is 24.8. The van der Waals surface area contributed by atoms with Crippen LogP contribution < -0.4 is 4.74 Å². The van der Waals surface area contributed by atoms with Crippen LogP contribution in [-0.2, 0) is 19.5 Å². The quantitative estimate of drug-likeness (QED) is 0.827. The van der Waals surface area contributed by atoms with Gasteiger partial charge in [0.1, 0.15) is 5.75 Å². The van der Waals surface area contributed by atoms with Gasteiger partial charge in [0.05, 0.1) is 23.7 Å². The molecule has 0 saturated carbocycles. The van der Waals surface area contributed by atoms with Gasteiger partial charge in [-0.15, -0.1) is 0 Å². The van der Waals surface area contributed by atoms with Crippen LogP contribution in [0.15, 0.2) is 29.2 Å². The van der Waals surface area contributed by atoms with Crippen molar-refractivity contribution >= 4 is 10.0 Å². The van der Waals surface area contributed by atoms with Crippen LogP contribution in [0.1, 0.15) is 25.7 Å². The van der Waals surface area contributed by atoms with Gasteiger partial charge < -0.3 is 14.2 Å². The van der Waals surface area contributed by atoms with E-state index in [1.54, 1.807) is 35.7 Å². The summed E-state index contributed by atoms with van der Waals surface area (Å²) in [5.74, 6) is 0.545. The Bertz CT molecular complexity index is 667. The molecule has 7 heteroatoms. The molecule has 0 N–H and O–H groups in total. The highest BCUT2D eigenvalue weighted by Crippen LogP contribution is 2.37. The lowest BCUT2D eigenvalue weighted by molar-refractivity contribution is -0.144. The molecule has 2 saturated heterocycles. The first-order valence-corrected chi connectivity index (χ1v) is 9.74. The topological polar surface area (TPSA) is 65.1 Å². The molecule has 3 rings (SSSR count). The number of piperidine rings is 1. The zero-order chi connectivity index (χ0) is 17.2. The first-order valence-electron chi connectivity index (χ1n) is 8.30. The van der Waals surface area contributed by atoms with Crippen LogP contribution in [0.2, 0.25) is 0 Å². The molecule has 1 atom stereocenters. The number of hydrogen-bond donors (Lipinski definition) is 0. The molecular weight excluding hydrogens is 330 g/mol. The predicted molar refractivity (Wildman–Crippen MR) is 89.7 cm³/mol. The fraction of sp³-hybridized carbons (Fsp3) is 0.647. The molecule has 0 aromatic heterocycles. The SMILES string of the molecule is COc1cccc(S(=O)(=O)N2CCC3(CC2)CC(OC)CCO3)c1. The van der Waals surface area contributed by atoms with Crippen molar-refractivity contribution in [3.8, 4) is 5.75 Å². The highest BCUT2D eigenvalue weighted by molar-refractivity contribution is 7.89. The summed E-state index contributed by atoms with van der Waals surface area (Å²) in [6, 6.07) is 6.62. The predicted octanol–water partition coefficient (Wildman–Crippen LogP) is 2.04. The van der Waals surface area contributed by atoms with Crippen LogP contribution in [0.4, 0.5) is 0 Å². The zero-order valence-corrected chi connectivity index (χ0v) is 15.0. The van der Waals surface area contributed by atoms with Crippen molar-refractivity contribution in [2.75, 3.05) is 33.9 Å². The summed E-state index contributed by atoms with van der Waals surface area (Å²) in [6.45, 7) is 1.62. The summed E-state index contributed by atoms with van der Waals surface area (Å²) >= 11 is 0. The lowest BCUT2D eigenvalue weighted by atomic mass is 9.84. The van der Waals surface area contributed by atoms with E-state index in [4.69, 9.17) is 14.2 Å². The molecule has 2 heterocycles. The van der Waals surface area contributed by atoms with Gasteiger partial charge in [-0.25, -0.2) is 8.42 Å².